The van der Waals surface area contributed by atoms with Crippen LogP contribution in [0.4, 0.5) is 22.0 Å². The Hall–Kier alpha value is -2.40. The van der Waals surface area contributed by atoms with Crippen molar-refractivity contribution in [3.63, 3.8) is 0 Å². The average molecular weight is 396 g/mol. The minimum atomic E-state index is -4.95. The Balaban J connectivity index is 2.04. The van der Waals surface area contributed by atoms with Gasteiger partial charge in [-0.3, -0.25) is 0 Å². The highest BCUT2D eigenvalue weighted by atomic mass is 32.2. The summed E-state index contributed by atoms with van der Waals surface area (Å²) in [5.41, 5.74) is 0.284. The first kappa shape index (κ1) is 18.4. The number of ether oxygens (including phenoxy) is 1. The summed E-state index contributed by atoms with van der Waals surface area (Å²) >= 11 is 0. The largest absolute Gasteiger partial charge is 0.493 e. The second kappa shape index (κ2) is 6.40. The van der Waals surface area contributed by atoms with Crippen LogP contribution < -0.4 is 8.92 Å². The van der Waals surface area contributed by atoms with Crippen molar-refractivity contribution in [1.29, 1.82) is 0 Å². The molecule has 0 fully saturated rings. The monoisotopic (exact) mass is 396 g/mol. The van der Waals surface area contributed by atoms with Crippen molar-refractivity contribution in [2.45, 2.75) is 17.4 Å². The molecule has 26 heavy (non-hydrogen) atoms. The highest BCUT2D eigenvalue weighted by Gasteiger charge is 2.31. The van der Waals surface area contributed by atoms with E-state index in [2.05, 4.69) is 4.18 Å². The number of aliphatic hydroxyl groups is 1. The SMILES string of the molecule is O=S(=O)(Oc1c(F)c(F)c(F)c(F)c1F)c1ccc2c(c1)OCC[C@@H]2O. The van der Waals surface area contributed by atoms with Crippen molar-refractivity contribution in [3.8, 4) is 11.5 Å². The lowest BCUT2D eigenvalue weighted by molar-refractivity contribution is 0.115. The smallest absolute Gasteiger partial charge is 0.339 e. The molecular weight excluding hydrogens is 387 g/mol. The number of rotatable bonds is 3. The van der Waals surface area contributed by atoms with E-state index in [-0.39, 0.29) is 24.3 Å². The lowest BCUT2D eigenvalue weighted by Crippen LogP contribution is -2.17. The minimum absolute atomic E-state index is 0.00849. The van der Waals surface area contributed by atoms with Crippen molar-refractivity contribution >= 4 is 10.1 Å². The first-order valence-electron chi connectivity index (χ1n) is 7.04. The summed E-state index contributed by atoms with van der Waals surface area (Å²) < 4.78 is 100. The molecule has 0 bridgehead atoms. The maximum atomic E-state index is 13.6. The van der Waals surface area contributed by atoms with Gasteiger partial charge in [0.25, 0.3) is 0 Å². The summed E-state index contributed by atoms with van der Waals surface area (Å²) in [7, 11) is -4.95. The maximum Gasteiger partial charge on any atom is 0.339 e. The Morgan fingerprint density at radius 3 is 2.19 bits per heavy atom. The van der Waals surface area contributed by atoms with E-state index in [0.29, 0.717) is 0 Å². The Bertz CT molecular complexity index is 963. The molecule has 11 heteroatoms. The van der Waals surface area contributed by atoms with Gasteiger partial charge < -0.3 is 14.0 Å². The average Bonchev–Trinajstić information content (AvgIpc) is 2.62. The van der Waals surface area contributed by atoms with Gasteiger partial charge in [0, 0.05) is 18.1 Å². The fourth-order valence-electron chi connectivity index (χ4n) is 2.32. The van der Waals surface area contributed by atoms with Crippen LogP contribution in [0.15, 0.2) is 23.1 Å². The van der Waals surface area contributed by atoms with Gasteiger partial charge in [-0.2, -0.15) is 17.2 Å². The van der Waals surface area contributed by atoms with Gasteiger partial charge in [-0.05, 0) is 6.07 Å². The summed E-state index contributed by atoms with van der Waals surface area (Å²) in [6.45, 7) is 0.0934. The van der Waals surface area contributed by atoms with Crippen molar-refractivity contribution in [2.24, 2.45) is 0 Å². The van der Waals surface area contributed by atoms with Gasteiger partial charge in [-0.15, -0.1) is 0 Å². The number of hydrogen-bond donors (Lipinski definition) is 1. The summed E-state index contributed by atoms with van der Waals surface area (Å²) in [5.74, 6) is -13.9. The van der Waals surface area contributed by atoms with Crippen LogP contribution in [0, 0.1) is 29.1 Å². The van der Waals surface area contributed by atoms with Gasteiger partial charge in [0.2, 0.25) is 34.8 Å². The lowest BCUT2D eigenvalue weighted by atomic mass is 10.0. The van der Waals surface area contributed by atoms with Crippen LogP contribution in [-0.2, 0) is 10.1 Å². The van der Waals surface area contributed by atoms with Crippen molar-refractivity contribution in [3.05, 3.63) is 52.8 Å². The topological polar surface area (TPSA) is 72.8 Å². The lowest BCUT2D eigenvalue weighted by Gasteiger charge is -2.22. The zero-order valence-corrected chi connectivity index (χ0v) is 13.4. The van der Waals surface area contributed by atoms with Crippen molar-refractivity contribution < 1.29 is 44.4 Å². The molecule has 0 unspecified atom stereocenters. The highest BCUT2D eigenvalue weighted by Crippen LogP contribution is 2.35. The summed E-state index contributed by atoms with van der Waals surface area (Å²) in [6, 6.07) is 3.05. The highest BCUT2D eigenvalue weighted by molar-refractivity contribution is 7.87. The van der Waals surface area contributed by atoms with E-state index < -0.39 is 56.0 Å². The molecule has 1 N–H and O–H groups in total. The minimum Gasteiger partial charge on any atom is -0.493 e. The Kier molecular flexibility index (Phi) is 4.53. The molecule has 0 saturated carbocycles. The van der Waals surface area contributed by atoms with Crippen molar-refractivity contribution in [1.82, 2.24) is 0 Å². The molecule has 0 saturated heterocycles. The Morgan fingerprint density at radius 1 is 1.00 bits per heavy atom. The number of aliphatic hydroxyl groups excluding tert-OH is 1. The first-order chi connectivity index (χ1) is 12.1. The molecule has 0 aromatic heterocycles. The van der Waals surface area contributed by atoms with Crippen LogP contribution in [0.3, 0.4) is 0 Å². The second-order valence-electron chi connectivity index (χ2n) is 5.29. The van der Waals surface area contributed by atoms with Crippen molar-refractivity contribution in [2.75, 3.05) is 6.61 Å². The van der Waals surface area contributed by atoms with E-state index in [4.69, 9.17) is 4.74 Å². The molecule has 140 valence electrons. The molecule has 1 heterocycles. The third-order valence-corrected chi connectivity index (χ3v) is 4.86. The van der Waals surface area contributed by atoms with Crippen LogP contribution in [0.2, 0.25) is 0 Å². The van der Waals surface area contributed by atoms with E-state index >= 15 is 0 Å². The number of fused-ring (bicyclic) bond motifs is 1. The summed E-state index contributed by atoms with van der Waals surface area (Å²) in [4.78, 5) is -0.658. The van der Waals surface area contributed by atoms with E-state index in [1.165, 1.54) is 6.07 Å². The summed E-state index contributed by atoms with van der Waals surface area (Å²) in [5, 5.41) is 9.77. The van der Waals surface area contributed by atoms with Crippen LogP contribution in [0.5, 0.6) is 11.5 Å². The van der Waals surface area contributed by atoms with Crippen LogP contribution in [0.1, 0.15) is 18.1 Å². The van der Waals surface area contributed by atoms with Crippen LogP contribution in [0.25, 0.3) is 0 Å². The van der Waals surface area contributed by atoms with Crippen LogP contribution in [-0.4, -0.2) is 20.1 Å². The Morgan fingerprint density at radius 2 is 1.58 bits per heavy atom. The van der Waals surface area contributed by atoms with Gasteiger partial charge in [-0.1, -0.05) is 6.07 Å². The number of benzene rings is 2. The zero-order chi connectivity index (χ0) is 19.2. The van der Waals surface area contributed by atoms with Crippen LogP contribution >= 0.6 is 0 Å². The molecule has 2 aromatic carbocycles. The Labute approximate surface area is 143 Å². The predicted octanol–water partition coefficient (Wildman–Crippen LogP) is 2.97. The molecule has 1 atom stereocenters. The fourth-order valence-corrected chi connectivity index (χ4v) is 3.27. The molecule has 0 radical (unpaired) electrons. The molecule has 2 aromatic rings. The van der Waals surface area contributed by atoms with E-state index in [1.807, 2.05) is 0 Å². The van der Waals surface area contributed by atoms with Gasteiger partial charge in [-0.25, -0.2) is 13.2 Å². The third-order valence-electron chi connectivity index (χ3n) is 3.64. The van der Waals surface area contributed by atoms with E-state index in [1.54, 1.807) is 0 Å². The number of hydrogen-bond acceptors (Lipinski definition) is 5. The standard InChI is InChI=1S/C15H9F5O5S/c16-10-11(17)13(19)15(14(20)12(10)18)25-26(22,23)6-1-2-7-8(21)3-4-24-9(7)5-6/h1-2,5,8,21H,3-4H2/t8-/m0/s1. The van der Waals surface area contributed by atoms with Gasteiger partial charge >= 0.3 is 10.1 Å². The quantitative estimate of drug-likeness (QED) is 0.374. The molecule has 3 rings (SSSR count). The summed E-state index contributed by atoms with van der Waals surface area (Å²) in [6.07, 6.45) is -0.619. The van der Waals surface area contributed by atoms with Gasteiger partial charge in [0.05, 0.1) is 12.7 Å². The molecular formula is C15H9F5O5S. The fraction of sp³-hybridized carbons (Fsp3) is 0.200. The van der Waals surface area contributed by atoms with E-state index in [0.717, 1.165) is 12.1 Å². The molecule has 5 nitrogen and oxygen atoms in total. The first-order valence-corrected chi connectivity index (χ1v) is 8.45. The molecule has 0 spiro atoms. The molecule has 1 aliphatic heterocycles. The maximum absolute atomic E-state index is 13.6. The normalized spacial score (nSPS) is 16.8. The number of halogens is 5. The molecule has 1 aliphatic rings. The third kappa shape index (κ3) is 2.97. The molecule has 0 aliphatic carbocycles. The zero-order valence-electron chi connectivity index (χ0n) is 12.6. The van der Waals surface area contributed by atoms with E-state index in [9.17, 15) is 35.5 Å². The second-order valence-corrected chi connectivity index (χ2v) is 6.84. The predicted molar refractivity (Wildman–Crippen MR) is 75.6 cm³/mol. The van der Waals surface area contributed by atoms with Gasteiger partial charge in [0.1, 0.15) is 10.6 Å². The molecule has 0 amide bonds. The van der Waals surface area contributed by atoms with Gasteiger partial charge in [0.15, 0.2) is 0 Å².